The molecule has 2 aliphatic rings. The van der Waals surface area contributed by atoms with Crippen LogP contribution in [0.5, 0.6) is 5.75 Å². The first-order valence-electron chi connectivity index (χ1n) is 11.1. The standard InChI is InChI=1S/C25H36N2O/c1-25(2,3)22-7-10-23(11-8-22)28-24-9-6-20-16-19(4-5-21(20)17-24)18-27-14-12-26-13-15-27/h4-6,9,16-17,22-23,26H,7-8,10-15,18H2,1-3H3. The van der Waals surface area contributed by atoms with E-state index in [2.05, 4.69) is 67.4 Å². The van der Waals surface area contributed by atoms with E-state index in [4.69, 9.17) is 4.74 Å². The van der Waals surface area contributed by atoms with Crippen molar-refractivity contribution >= 4 is 10.8 Å². The lowest BCUT2D eigenvalue weighted by Gasteiger charge is -2.37. The topological polar surface area (TPSA) is 24.5 Å². The van der Waals surface area contributed by atoms with Gasteiger partial charge in [0.2, 0.25) is 0 Å². The van der Waals surface area contributed by atoms with Crippen molar-refractivity contribution in [3.05, 3.63) is 42.0 Å². The van der Waals surface area contributed by atoms with Crippen molar-refractivity contribution < 1.29 is 4.74 Å². The van der Waals surface area contributed by atoms with Gasteiger partial charge in [0.25, 0.3) is 0 Å². The van der Waals surface area contributed by atoms with Crippen LogP contribution >= 0.6 is 0 Å². The Morgan fingerprint density at radius 3 is 2.32 bits per heavy atom. The quantitative estimate of drug-likeness (QED) is 0.786. The van der Waals surface area contributed by atoms with Gasteiger partial charge in [0.1, 0.15) is 5.75 Å². The summed E-state index contributed by atoms with van der Waals surface area (Å²) in [6.07, 6.45) is 5.32. The highest BCUT2D eigenvalue weighted by molar-refractivity contribution is 5.84. The third-order valence-corrected chi connectivity index (χ3v) is 6.69. The molecule has 1 aliphatic carbocycles. The molecule has 2 aromatic rings. The molecule has 2 fully saturated rings. The summed E-state index contributed by atoms with van der Waals surface area (Å²) in [5, 5.41) is 6.02. The summed E-state index contributed by atoms with van der Waals surface area (Å²) in [5.41, 5.74) is 1.83. The van der Waals surface area contributed by atoms with Gasteiger partial charge in [-0.05, 0) is 71.6 Å². The van der Waals surface area contributed by atoms with Crippen LogP contribution in [0.2, 0.25) is 0 Å². The van der Waals surface area contributed by atoms with Crippen molar-refractivity contribution in [3.8, 4) is 5.75 Å². The molecule has 3 nitrogen and oxygen atoms in total. The van der Waals surface area contributed by atoms with Gasteiger partial charge in [0, 0.05) is 32.7 Å². The largest absolute Gasteiger partial charge is 0.490 e. The van der Waals surface area contributed by atoms with Crippen molar-refractivity contribution in [3.63, 3.8) is 0 Å². The third-order valence-electron chi connectivity index (χ3n) is 6.69. The Bertz CT molecular complexity index is 781. The molecule has 0 atom stereocenters. The van der Waals surface area contributed by atoms with Crippen LogP contribution in [0.25, 0.3) is 10.8 Å². The Hall–Kier alpha value is -1.58. The average Bonchev–Trinajstić information content (AvgIpc) is 2.69. The number of ether oxygens (including phenoxy) is 1. The first kappa shape index (κ1) is 19.7. The second-order valence-electron chi connectivity index (χ2n) is 9.83. The van der Waals surface area contributed by atoms with Crippen molar-refractivity contribution in [2.75, 3.05) is 26.2 Å². The molecule has 3 heteroatoms. The van der Waals surface area contributed by atoms with Crippen LogP contribution in [-0.2, 0) is 6.54 Å². The predicted octanol–water partition coefficient (Wildman–Crippen LogP) is 5.23. The maximum atomic E-state index is 6.36. The fourth-order valence-corrected chi connectivity index (χ4v) is 4.81. The zero-order chi connectivity index (χ0) is 19.6. The van der Waals surface area contributed by atoms with Crippen molar-refractivity contribution in [1.29, 1.82) is 0 Å². The van der Waals surface area contributed by atoms with Crippen molar-refractivity contribution in [1.82, 2.24) is 10.2 Å². The highest BCUT2D eigenvalue weighted by Crippen LogP contribution is 2.39. The van der Waals surface area contributed by atoms with E-state index in [0.29, 0.717) is 11.5 Å². The first-order chi connectivity index (χ1) is 13.5. The summed E-state index contributed by atoms with van der Waals surface area (Å²) in [7, 11) is 0. The van der Waals surface area contributed by atoms with Crippen molar-refractivity contribution in [2.24, 2.45) is 11.3 Å². The van der Waals surface area contributed by atoms with Crippen LogP contribution in [0, 0.1) is 11.3 Å². The second-order valence-corrected chi connectivity index (χ2v) is 9.83. The van der Waals surface area contributed by atoms with E-state index in [9.17, 15) is 0 Å². The Morgan fingerprint density at radius 2 is 1.61 bits per heavy atom. The van der Waals surface area contributed by atoms with E-state index in [1.807, 2.05) is 0 Å². The van der Waals surface area contributed by atoms with Gasteiger partial charge < -0.3 is 10.1 Å². The van der Waals surface area contributed by atoms with Crippen molar-refractivity contribution in [2.45, 2.75) is 59.1 Å². The fourth-order valence-electron chi connectivity index (χ4n) is 4.81. The van der Waals surface area contributed by atoms with Crippen LogP contribution in [0.4, 0.5) is 0 Å². The number of rotatable bonds is 4. The smallest absolute Gasteiger partial charge is 0.120 e. The Kier molecular flexibility index (Phi) is 5.93. The number of benzene rings is 2. The SMILES string of the molecule is CC(C)(C)C1CCC(Oc2ccc3cc(CN4CCNCC4)ccc3c2)CC1. The molecule has 0 spiro atoms. The lowest BCUT2D eigenvalue weighted by Crippen LogP contribution is -2.42. The summed E-state index contributed by atoms with van der Waals surface area (Å²) < 4.78 is 6.36. The molecule has 0 radical (unpaired) electrons. The van der Waals surface area contributed by atoms with E-state index < -0.39 is 0 Å². The van der Waals surface area contributed by atoms with Crippen LogP contribution in [0.3, 0.4) is 0 Å². The van der Waals surface area contributed by atoms with E-state index in [1.165, 1.54) is 42.0 Å². The van der Waals surface area contributed by atoms with E-state index in [0.717, 1.165) is 44.4 Å². The Balaban J connectivity index is 1.37. The summed E-state index contributed by atoms with van der Waals surface area (Å²) in [4.78, 5) is 2.53. The second kappa shape index (κ2) is 8.42. The van der Waals surface area contributed by atoms with E-state index in [1.54, 1.807) is 0 Å². The lowest BCUT2D eigenvalue weighted by atomic mass is 9.72. The highest BCUT2D eigenvalue weighted by Gasteiger charge is 2.30. The molecule has 1 saturated heterocycles. The minimum Gasteiger partial charge on any atom is -0.490 e. The fraction of sp³-hybridized carbons (Fsp3) is 0.600. The number of hydrogen-bond donors (Lipinski definition) is 1. The molecular formula is C25H36N2O. The van der Waals surface area contributed by atoms with Gasteiger partial charge in [-0.25, -0.2) is 0 Å². The van der Waals surface area contributed by atoms with Gasteiger partial charge in [0.05, 0.1) is 6.10 Å². The Labute approximate surface area is 170 Å². The normalized spacial score (nSPS) is 24.4. The van der Waals surface area contributed by atoms with E-state index in [-0.39, 0.29) is 0 Å². The van der Waals surface area contributed by atoms with Crippen LogP contribution < -0.4 is 10.1 Å². The molecule has 1 aliphatic heterocycles. The van der Waals surface area contributed by atoms with Gasteiger partial charge >= 0.3 is 0 Å². The summed E-state index contributed by atoms with van der Waals surface area (Å²) >= 11 is 0. The van der Waals surface area contributed by atoms with Crippen LogP contribution in [0.15, 0.2) is 36.4 Å². The molecule has 4 rings (SSSR count). The zero-order valence-electron chi connectivity index (χ0n) is 17.8. The molecule has 28 heavy (non-hydrogen) atoms. The van der Waals surface area contributed by atoms with Gasteiger partial charge in [-0.15, -0.1) is 0 Å². The molecule has 1 N–H and O–H groups in total. The monoisotopic (exact) mass is 380 g/mol. The predicted molar refractivity (Wildman–Crippen MR) is 118 cm³/mol. The first-order valence-corrected chi connectivity index (χ1v) is 11.1. The number of piperazine rings is 1. The molecule has 0 amide bonds. The molecule has 2 aromatic carbocycles. The summed E-state index contributed by atoms with van der Waals surface area (Å²) in [6, 6.07) is 13.5. The molecular weight excluding hydrogens is 344 g/mol. The number of nitrogens with zero attached hydrogens (tertiary/aromatic N) is 1. The van der Waals surface area contributed by atoms with Gasteiger partial charge in [-0.1, -0.05) is 39.0 Å². The minimum absolute atomic E-state index is 0.378. The minimum atomic E-state index is 0.378. The average molecular weight is 381 g/mol. The zero-order valence-corrected chi connectivity index (χ0v) is 17.8. The molecule has 1 saturated carbocycles. The van der Waals surface area contributed by atoms with Gasteiger partial charge in [-0.3, -0.25) is 4.90 Å². The maximum absolute atomic E-state index is 6.36. The molecule has 1 heterocycles. The summed E-state index contributed by atoms with van der Waals surface area (Å²) in [5.74, 6) is 1.86. The summed E-state index contributed by atoms with van der Waals surface area (Å²) in [6.45, 7) is 12.7. The van der Waals surface area contributed by atoms with Gasteiger partial charge in [-0.2, -0.15) is 0 Å². The maximum Gasteiger partial charge on any atom is 0.120 e. The number of hydrogen-bond acceptors (Lipinski definition) is 3. The van der Waals surface area contributed by atoms with Crippen LogP contribution in [-0.4, -0.2) is 37.2 Å². The van der Waals surface area contributed by atoms with Crippen LogP contribution in [0.1, 0.15) is 52.0 Å². The third kappa shape index (κ3) is 4.87. The molecule has 0 bridgehead atoms. The van der Waals surface area contributed by atoms with E-state index >= 15 is 0 Å². The lowest BCUT2D eigenvalue weighted by molar-refractivity contribution is 0.0883. The Morgan fingerprint density at radius 1 is 0.929 bits per heavy atom. The molecule has 152 valence electrons. The highest BCUT2D eigenvalue weighted by atomic mass is 16.5. The molecule has 0 unspecified atom stereocenters. The van der Waals surface area contributed by atoms with Gasteiger partial charge in [0.15, 0.2) is 0 Å². The molecule has 0 aromatic heterocycles. The number of nitrogens with one attached hydrogen (secondary N) is 1. The number of fused-ring (bicyclic) bond motifs is 1.